The van der Waals surface area contributed by atoms with Crippen molar-refractivity contribution in [2.75, 3.05) is 26.8 Å². The van der Waals surface area contributed by atoms with Gasteiger partial charge in [0.15, 0.2) is 11.5 Å². The van der Waals surface area contributed by atoms with Crippen molar-refractivity contribution in [3.8, 4) is 11.5 Å². The Balaban J connectivity index is 1.89. The zero-order chi connectivity index (χ0) is 18.2. The first-order valence-corrected chi connectivity index (χ1v) is 9.09. The number of rotatable bonds is 6. The quantitative estimate of drug-likeness (QED) is 0.860. The molecule has 3 atom stereocenters. The minimum Gasteiger partial charge on any atom is -0.493 e. The van der Waals surface area contributed by atoms with E-state index in [-0.39, 0.29) is 17.2 Å². The molecule has 1 saturated carbocycles. The molecular formula is C20H29NO4. The van der Waals surface area contributed by atoms with E-state index in [0.717, 1.165) is 23.7 Å². The van der Waals surface area contributed by atoms with Crippen LogP contribution in [0.25, 0.3) is 0 Å². The fourth-order valence-corrected chi connectivity index (χ4v) is 3.68. The van der Waals surface area contributed by atoms with Crippen molar-refractivity contribution in [2.45, 2.75) is 45.6 Å². The maximum Gasteiger partial charge on any atom is 0.219 e. The Hall–Kier alpha value is -1.75. The van der Waals surface area contributed by atoms with Crippen LogP contribution in [0.3, 0.4) is 0 Å². The van der Waals surface area contributed by atoms with Crippen molar-refractivity contribution in [3.63, 3.8) is 0 Å². The number of aliphatic hydroxyl groups is 1. The number of benzene rings is 1. The Morgan fingerprint density at radius 1 is 1.40 bits per heavy atom. The molecule has 1 amide bonds. The van der Waals surface area contributed by atoms with E-state index in [0.29, 0.717) is 19.0 Å². The van der Waals surface area contributed by atoms with Crippen molar-refractivity contribution >= 4 is 5.91 Å². The van der Waals surface area contributed by atoms with Gasteiger partial charge >= 0.3 is 0 Å². The van der Waals surface area contributed by atoms with E-state index in [1.807, 2.05) is 30.0 Å². The zero-order valence-corrected chi connectivity index (χ0v) is 15.6. The molecule has 1 aliphatic heterocycles. The summed E-state index contributed by atoms with van der Waals surface area (Å²) in [5.41, 5.74) is 0.701. The molecule has 0 spiro atoms. The Kier molecular flexibility index (Phi) is 4.96. The van der Waals surface area contributed by atoms with Crippen LogP contribution < -0.4 is 9.47 Å². The van der Waals surface area contributed by atoms with Crippen LogP contribution in [0.1, 0.15) is 45.1 Å². The molecule has 1 N–H and O–H groups in total. The lowest BCUT2D eigenvalue weighted by Crippen LogP contribution is -2.37. The maximum absolute atomic E-state index is 11.9. The Morgan fingerprint density at radius 2 is 2.12 bits per heavy atom. The molecule has 5 heteroatoms. The number of amides is 1. The molecule has 5 nitrogen and oxygen atoms in total. The fourth-order valence-electron chi connectivity index (χ4n) is 3.68. The first-order valence-electron chi connectivity index (χ1n) is 9.09. The summed E-state index contributed by atoms with van der Waals surface area (Å²) in [5.74, 6) is 2.25. The molecule has 2 aliphatic rings. The van der Waals surface area contributed by atoms with Gasteiger partial charge in [-0.1, -0.05) is 13.0 Å². The van der Waals surface area contributed by atoms with Gasteiger partial charge in [-0.25, -0.2) is 0 Å². The monoisotopic (exact) mass is 347 g/mol. The minimum atomic E-state index is -0.514. The number of ether oxygens (including phenoxy) is 2. The highest BCUT2D eigenvalue weighted by atomic mass is 16.5. The molecule has 138 valence electrons. The molecule has 3 rings (SSSR count). The Bertz CT molecular complexity index is 641. The highest BCUT2D eigenvalue weighted by molar-refractivity contribution is 5.74. The lowest BCUT2D eigenvalue weighted by atomic mass is 9.72. The number of likely N-dealkylation sites (tertiary alicyclic amines) is 1. The summed E-state index contributed by atoms with van der Waals surface area (Å²) in [7, 11) is 1.64. The summed E-state index contributed by atoms with van der Waals surface area (Å²) in [5, 5.41) is 10.4. The molecule has 0 bridgehead atoms. The fraction of sp³-hybridized carbons (Fsp3) is 0.650. The van der Waals surface area contributed by atoms with E-state index >= 15 is 0 Å². The van der Waals surface area contributed by atoms with Gasteiger partial charge in [0, 0.05) is 31.3 Å². The van der Waals surface area contributed by atoms with Gasteiger partial charge in [-0.3, -0.25) is 4.79 Å². The summed E-state index contributed by atoms with van der Waals surface area (Å²) < 4.78 is 11.4. The number of methoxy groups -OCH3 is 1. The van der Waals surface area contributed by atoms with E-state index in [2.05, 4.69) is 6.92 Å². The van der Waals surface area contributed by atoms with Crippen LogP contribution in [-0.2, 0) is 4.79 Å². The molecule has 0 radical (unpaired) electrons. The van der Waals surface area contributed by atoms with Gasteiger partial charge in [-0.05, 0) is 43.4 Å². The third-order valence-electron chi connectivity index (χ3n) is 5.89. The van der Waals surface area contributed by atoms with Crippen LogP contribution in [-0.4, -0.2) is 48.8 Å². The van der Waals surface area contributed by atoms with E-state index in [9.17, 15) is 9.90 Å². The third-order valence-corrected chi connectivity index (χ3v) is 5.89. The van der Waals surface area contributed by atoms with Gasteiger partial charge in [0.1, 0.15) is 0 Å². The van der Waals surface area contributed by atoms with Crippen molar-refractivity contribution in [3.05, 3.63) is 23.8 Å². The van der Waals surface area contributed by atoms with Crippen molar-refractivity contribution in [1.29, 1.82) is 0 Å². The SMILES string of the molecule is COc1ccc(C2CN(C(C)=O)CC2(C)C(C)O)cc1OCC1CC1. The van der Waals surface area contributed by atoms with E-state index in [1.54, 1.807) is 14.0 Å². The van der Waals surface area contributed by atoms with Crippen LogP contribution in [0.15, 0.2) is 18.2 Å². The Labute approximate surface area is 149 Å². The normalized spacial score (nSPS) is 27.2. The molecule has 0 aromatic heterocycles. The standard InChI is InChI=1S/C20H29NO4/c1-13(22)20(3)12-21(14(2)23)10-17(20)16-7-8-18(24-4)19(9-16)25-11-15-5-6-15/h7-9,13,15,17,22H,5-6,10-12H2,1-4H3. The first kappa shape index (κ1) is 18.1. The molecule has 1 aromatic carbocycles. The second kappa shape index (κ2) is 6.87. The van der Waals surface area contributed by atoms with E-state index in [1.165, 1.54) is 12.8 Å². The van der Waals surface area contributed by atoms with Gasteiger partial charge < -0.3 is 19.5 Å². The lowest BCUT2D eigenvalue weighted by Gasteiger charge is -2.33. The largest absolute Gasteiger partial charge is 0.493 e. The number of carbonyl (C=O) groups excluding carboxylic acids is 1. The number of nitrogens with zero attached hydrogens (tertiary/aromatic N) is 1. The smallest absolute Gasteiger partial charge is 0.219 e. The summed E-state index contributed by atoms with van der Waals surface area (Å²) in [6.07, 6.45) is 1.95. The van der Waals surface area contributed by atoms with Gasteiger partial charge in [0.25, 0.3) is 0 Å². The maximum atomic E-state index is 11.9. The predicted octanol–water partition coefficient (Wildman–Crippen LogP) is 2.82. The molecule has 1 heterocycles. The van der Waals surface area contributed by atoms with Crippen LogP contribution in [0.2, 0.25) is 0 Å². The summed E-state index contributed by atoms with van der Waals surface area (Å²) in [4.78, 5) is 13.7. The van der Waals surface area contributed by atoms with Gasteiger partial charge in [-0.15, -0.1) is 0 Å². The number of carbonyl (C=O) groups is 1. The average molecular weight is 347 g/mol. The van der Waals surface area contributed by atoms with Crippen molar-refractivity contribution in [2.24, 2.45) is 11.3 Å². The molecular weight excluding hydrogens is 318 g/mol. The minimum absolute atomic E-state index is 0.0492. The second-order valence-electron chi connectivity index (χ2n) is 7.80. The van der Waals surface area contributed by atoms with Crippen LogP contribution in [0.4, 0.5) is 0 Å². The third kappa shape index (κ3) is 3.61. The summed E-state index contributed by atoms with van der Waals surface area (Å²) >= 11 is 0. The second-order valence-corrected chi connectivity index (χ2v) is 7.80. The molecule has 1 aliphatic carbocycles. The summed E-state index contributed by atoms with van der Waals surface area (Å²) in [6, 6.07) is 5.98. The van der Waals surface area contributed by atoms with Gasteiger partial charge in [0.2, 0.25) is 5.91 Å². The number of hydrogen-bond acceptors (Lipinski definition) is 4. The van der Waals surface area contributed by atoms with Gasteiger partial charge in [0.05, 0.1) is 19.8 Å². The molecule has 3 unspecified atom stereocenters. The average Bonchev–Trinajstić information content (AvgIpc) is 3.33. The highest BCUT2D eigenvalue weighted by Gasteiger charge is 2.47. The topological polar surface area (TPSA) is 59.0 Å². The Morgan fingerprint density at radius 3 is 2.68 bits per heavy atom. The predicted molar refractivity (Wildman–Crippen MR) is 96.0 cm³/mol. The molecule has 25 heavy (non-hydrogen) atoms. The van der Waals surface area contributed by atoms with E-state index in [4.69, 9.17) is 9.47 Å². The molecule has 1 saturated heterocycles. The number of hydrogen-bond donors (Lipinski definition) is 1. The van der Waals surface area contributed by atoms with Crippen LogP contribution >= 0.6 is 0 Å². The van der Waals surface area contributed by atoms with Crippen LogP contribution in [0.5, 0.6) is 11.5 Å². The molecule has 1 aromatic rings. The van der Waals surface area contributed by atoms with Crippen molar-refractivity contribution < 1.29 is 19.4 Å². The van der Waals surface area contributed by atoms with Gasteiger partial charge in [-0.2, -0.15) is 0 Å². The van der Waals surface area contributed by atoms with Crippen molar-refractivity contribution in [1.82, 2.24) is 4.90 Å². The summed E-state index contributed by atoms with van der Waals surface area (Å²) in [6.45, 7) is 7.35. The van der Waals surface area contributed by atoms with E-state index < -0.39 is 6.10 Å². The van der Waals surface area contributed by atoms with Crippen LogP contribution in [0, 0.1) is 11.3 Å². The lowest BCUT2D eigenvalue weighted by molar-refractivity contribution is -0.128. The first-order chi connectivity index (χ1) is 11.8. The zero-order valence-electron chi connectivity index (χ0n) is 15.6. The number of aliphatic hydroxyl groups excluding tert-OH is 1. The molecule has 2 fully saturated rings. The highest BCUT2D eigenvalue weighted by Crippen LogP contribution is 2.47.